The second-order valence-corrected chi connectivity index (χ2v) is 13.1. The molecule has 2 fully saturated rings. The highest BCUT2D eigenvalue weighted by molar-refractivity contribution is 5.96. The molecule has 4 aromatic rings. The first-order valence-corrected chi connectivity index (χ1v) is 17.6. The summed E-state index contributed by atoms with van der Waals surface area (Å²) < 4.78 is 0. The molecular weight excluding hydrogens is 580 g/mol. The Morgan fingerprint density at radius 1 is 0.617 bits per heavy atom. The van der Waals surface area contributed by atoms with Gasteiger partial charge < -0.3 is 9.80 Å². The van der Waals surface area contributed by atoms with Crippen LogP contribution in [0.4, 0.5) is 0 Å². The van der Waals surface area contributed by atoms with Gasteiger partial charge in [-0.2, -0.15) is 0 Å². The summed E-state index contributed by atoms with van der Waals surface area (Å²) in [5.74, 6) is 0.208. The van der Waals surface area contributed by atoms with Gasteiger partial charge in [0.1, 0.15) is 0 Å². The molecule has 0 spiro atoms. The van der Waals surface area contributed by atoms with Gasteiger partial charge in [0.05, 0.1) is 11.4 Å². The third kappa shape index (κ3) is 8.36. The minimum atomic E-state index is 0.0596. The fourth-order valence-electron chi connectivity index (χ4n) is 7.00. The summed E-state index contributed by atoms with van der Waals surface area (Å²) in [7, 11) is 0. The topological polar surface area (TPSA) is 56.8 Å². The zero-order valence-corrected chi connectivity index (χ0v) is 27.8. The Kier molecular flexibility index (Phi) is 11.1. The van der Waals surface area contributed by atoms with Crippen LogP contribution in [0.1, 0.15) is 78.1 Å². The van der Waals surface area contributed by atoms with Crippen LogP contribution in [0.15, 0.2) is 97.1 Å². The van der Waals surface area contributed by atoms with Crippen molar-refractivity contribution in [1.82, 2.24) is 19.7 Å². The van der Waals surface area contributed by atoms with Gasteiger partial charge in [-0.25, -0.2) is 4.98 Å². The zero-order chi connectivity index (χ0) is 32.4. The van der Waals surface area contributed by atoms with Crippen LogP contribution in [0.5, 0.6) is 0 Å². The lowest BCUT2D eigenvalue weighted by Crippen LogP contribution is -2.54. The molecule has 0 saturated carbocycles. The van der Waals surface area contributed by atoms with Crippen molar-refractivity contribution in [3.05, 3.63) is 114 Å². The molecule has 0 N–H and O–H groups in total. The number of nitrogens with zero attached hydrogens (tertiary/aromatic N) is 4. The first-order valence-electron chi connectivity index (χ1n) is 17.6. The van der Waals surface area contributed by atoms with Crippen molar-refractivity contribution in [3.8, 4) is 22.5 Å². The molecule has 2 amide bonds. The van der Waals surface area contributed by atoms with Crippen LogP contribution < -0.4 is 0 Å². The molecule has 0 aliphatic carbocycles. The van der Waals surface area contributed by atoms with Gasteiger partial charge >= 0.3 is 0 Å². The fraction of sp³-hybridized carbons (Fsp3) is 0.390. The number of hydrogen-bond acceptors (Lipinski definition) is 4. The van der Waals surface area contributed by atoms with Crippen molar-refractivity contribution >= 4 is 11.8 Å². The number of unbranched alkanes of at least 4 members (excludes halogenated alkanes) is 4. The number of likely N-dealkylation sites (tertiary alicyclic amines) is 1. The molecular formula is C41H48N4O2. The molecule has 0 bridgehead atoms. The molecule has 6 heteroatoms. The summed E-state index contributed by atoms with van der Waals surface area (Å²) >= 11 is 0. The maximum atomic E-state index is 13.8. The summed E-state index contributed by atoms with van der Waals surface area (Å²) in [5, 5.41) is 0. The molecule has 244 valence electrons. The normalized spacial score (nSPS) is 15.9. The Balaban J connectivity index is 1.01. The van der Waals surface area contributed by atoms with E-state index in [0.29, 0.717) is 24.7 Å². The summed E-state index contributed by atoms with van der Waals surface area (Å²) in [5.41, 5.74) is 6.42. The number of amides is 2. The van der Waals surface area contributed by atoms with Crippen molar-refractivity contribution in [2.24, 2.45) is 0 Å². The number of carbonyl (C=O) groups excluding carboxylic acids is 2. The van der Waals surface area contributed by atoms with E-state index in [4.69, 9.17) is 4.98 Å². The van der Waals surface area contributed by atoms with Crippen molar-refractivity contribution in [2.45, 2.75) is 64.3 Å². The molecule has 47 heavy (non-hydrogen) atoms. The molecule has 2 aliphatic heterocycles. The Hall–Kier alpha value is -4.29. The van der Waals surface area contributed by atoms with Gasteiger partial charge in [-0.1, -0.05) is 105 Å². The van der Waals surface area contributed by atoms with Gasteiger partial charge in [0.2, 0.25) is 0 Å². The van der Waals surface area contributed by atoms with Gasteiger partial charge in [-0.3, -0.25) is 14.5 Å². The first-order chi connectivity index (χ1) is 23.1. The van der Waals surface area contributed by atoms with Crippen LogP contribution in [-0.4, -0.2) is 76.8 Å². The first kappa shape index (κ1) is 32.6. The highest BCUT2D eigenvalue weighted by Crippen LogP contribution is 2.27. The number of piperidine rings is 1. The molecule has 3 heterocycles. The minimum absolute atomic E-state index is 0.0596. The van der Waals surface area contributed by atoms with E-state index in [0.717, 1.165) is 73.5 Å². The number of pyridine rings is 1. The summed E-state index contributed by atoms with van der Waals surface area (Å²) in [6, 6.07) is 32.8. The second-order valence-electron chi connectivity index (χ2n) is 13.1. The molecule has 3 aromatic carbocycles. The van der Waals surface area contributed by atoms with E-state index in [9.17, 15) is 9.59 Å². The van der Waals surface area contributed by atoms with E-state index in [1.807, 2.05) is 94.7 Å². The van der Waals surface area contributed by atoms with Crippen LogP contribution in [0.2, 0.25) is 0 Å². The molecule has 2 aliphatic rings. The molecule has 1 aromatic heterocycles. The molecule has 6 nitrogen and oxygen atoms in total. The largest absolute Gasteiger partial charge is 0.339 e. The van der Waals surface area contributed by atoms with E-state index in [2.05, 4.69) is 24.0 Å². The predicted octanol–water partition coefficient (Wildman–Crippen LogP) is 7.99. The van der Waals surface area contributed by atoms with Gasteiger partial charge in [-0.15, -0.1) is 0 Å². The number of aryl methyl sites for hydroxylation is 1. The van der Waals surface area contributed by atoms with E-state index in [1.165, 1.54) is 37.7 Å². The Morgan fingerprint density at radius 3 is 1.72 bits per heavy atom. The zero-order valence-electron chi connectivity index (χ0n) is 27.8. The molecule has 6 rings (SSSR count). The van der Waals surface area contributed by atoms with E-state index >= 15 is 0 Å². The summed E-state index contributed by atoms with van der Waals surface area (Å²) in [6.07, 6.45) is 9.44. The van der Waals surface area contributed by atoms with Crippen LogP contribution >= 0.6 is 0 Å². The van der Waals surface area contributed by atoms with Crippen LogP contribution in [0.3, 0.4) is 0 Å². The number of carbonyl (C=O) groups is 2. The lowest BCUT2D eigenvalue weighted by Gasteiger charge is -2.42. The number of rotatable bonds is 11. The third-order valence-corrected chi connectivity index (χ3v) is 9.85. The maximum absolute atomic E-state index is 13.8. The van der Waals surface area contributed by atoms with Gasteiger partial charge in [0, 0.05) is 67.6 Å². The minimum Gasteiger partial charge on any atom is -0.339 e. The monoisotopic (exact) mass is 628 g/mol. The van der Waals surface area contributed by atoms with Crippen molar-refractivity contribution < 1.29 is 9.59 Å². The van der Waals surface area contributed by atoms with Crippen LogP contribution in [0.25, 0.3) is 22.5 Å². The van der Waals surface area contributed by atoms with E-state index in [-0.39, 0.29) is 11.8 Å². The second kappa shape index (κ2) is 16.0. The number of hydrogen-bond donors (Lipinski definition) is 0. The SMILES string of the molecule is CCCCCCCc1ccc(C(=O)N2CCC(N3CCN(C(=O)c4cc(-c5ccccc5)nc(-c5ccccc5)c4)CC3)CC2)cc1. The van der Waals surface area contributed by atoms with Gasteiger partial charge in [0.25, 0.3) is 11.8 Å². The molecule has 0 unspecified atom stereocenters. The van der Waals surface area contributed by atoms with Crippen molar-refractivity contribution in [1.29, 1.82) is 0 Å². The standard InChI is InChI=1S/C41H48N4O2/c1-2-3-4-5-8-13-32-18-20-35(21-19-32)40(46)44-24-22-37(23-25-44)43-26-28-45(29-27-43)41(47)36-30-38(33-14-9-6-10-15-33)42-39(31-36)34-16-11-7-12-17-34/h6-7,9-12,14-21,30-31,37H,2-5,8,13,22-29H2,1H3. The predicted molar refractivity (Wildman–Crippen MR) is 190 cm³/mol. The summed E-state index contributed by atoms with van der Waals surface area (Å²) in [4.78, 5) is 38.6. The van der Waals surface area contributed by atoms with Gasteiger partial charge in [-0.05, 0) is 55.5 Å². The highest BCUT2D eigenvalue weighted by atomic mass is 16.2. The number of benzene rings is 3. The average molecular weight is 629 g/mol. The van der Waals surface area contributed by atoms with Gasteiger partial charge in [0.15, 0.2) is 0 Å². The van der Waals surface area contributed by atoms with Crippen LogP contribution in [0, 0.1) is 0 Å². The van der Waals surface area contributed by atoms with Crippen LogP contribution in [-0.2, 0) is 6.42 Å². The number of piperazine rings is 1. The Bertz CT molecular complexity index is 1530. The number of aromatic nitrogens is 1. The third-order valence-electron chi connectivity index (χ3n) is 9.85. The van der Waals surface area contributed by atoms with E-state index < -0.39 is 0 Å². The molecule has 0 radical (unpaired) electrons. The molecule has 0 atom stereocenters. The fourth-order valence-corrected chi connectivity index (χ4v) is 7.00. The lowest BCUT2D eigenvalue weighted by molar-refractivity contribution is 0.0412. The van der Waals surface area contributed by atoms with E-state index in [1.54, 1.807) is 0 Å². The highest BCUT2D eigenvalue weighted by Gasteiger charge is 2.31. The average Bonchev–Trinajstić information content (AvgIpc) is 3.15. The van der Waals surface area contributed by atoms with Crippen molar-refractivity contribution in [3.63, 3.8) is 0 Å². The molecule has 2 saturated heterocycles. The Labute approximate surface area is 280 Å². The lowest BCUT2D eigenvalue weighted by atomic mass is 10.00. The summed E-state index contributed by atoms with van der Waals surface area (Å²) in [6.45, 7) is 6.92. The quantitative estimate of drug-likeness (QED) is 0.158. The van der Waals surface area contributed by atoms with Crippen molar-refractivity contribution in [2.75, 3.05) is 39.3 Å². The Morgan fingerprint density at radius 2 is 1.15 bits per heavy atom. The maximum Gasteiger partial charge on any atom is 0.254 e. The smallest absolute Gasteiger partial charge is 0.254 e.